The Labute approximate surface area is 185 Å². The van der Waals surface area contributed by atoms with Crippen LogP contribution in [-0.4, -0.2) is 31.2 Å². The number of sulfonamides is 1. The van der Waals surface area contributed by atoms with Gasteiger partial charge in [0.05, 0.1) is 17.5 Å². The van der Waals surface area contributed by atoms with Crippen LogP contribution in [0.15, 0.2) is 57.9 Å². The highest BCUT2D eigenvalue weighted by atomic mass is 79.9. The summed E-state index contributed by atoms with van der Waals surface area (Å²) in [6, 6.07) is 11.9. The summed E-state index contributed by atoms with van der Waals surface area (Å²) >= 11 is 3.39. The Hall–Kier alpha value is -1.77. The van der Waals surface area contributed by atoms with Crippen LogP contribution in [0.1, 0.15) is 50.6 Å². The number of carbonyl (C=O) groups excluding carboxylic acids is 1. The van der Waals surface area contributed by atoms with Crippen molar-refractivity contribution in [2.75, 3.05) is 6.54 Å². The molecule has 0 spiro atoms. The monoisotopic (exact) mass is 496 g/mol. The molecule has 0 heterocycles. The van der Waals surface area contributed by atoms with Crippen molar-refractivity contribution >= 4 is 31.9 Å². The molecule has 3 rings (SSSR count). The topological polar surface area (TPSA) is 66.5 Å². The first-order valence-corrected chi connectivity index (χ1v) is 12.3. The van der Waals surface area contributed by atoms with Gasteiger partial charge in [-0.15, -0.1) is 0 Å². The van der Waals surface area contributed by atoms with Gasteiger partial charge in [-0.3, -0.25) is 4.79 Å². The lowest BCUT2D eigenvalue weighted by atomic mass is 9.95. The molecule has 1 N–H and O–H groups in total. The molecule has 1 saturated carbocycles. The van der Waals surface area contributed by atoms with E-state index in [9.17, 15) is 17.6 Å². The molecule has 1 amide bonds. The standard InChI is InChI=1S/C22H26BrFN2O3S/c1-16(17-7-9-18(23)10-8-17)25-22(27)15-26(20-5-3-2-4-6-20)30(28,29)21-13-11-19(24)12-14-21/h7-14,16,20H,2-6,15H2,1H3,(H,25,27)/t16-/m1/s1. The van der Waals surface area contributed by atoms with Crippen LogP contribution in [0.5, 0.6) is 0 Å². The Bertz CT molecular complexity index is 959. The fraction of sp³-hybridized carbons (Fsp3) is 0.409. The average molecular weight is 497 g/mol. The molecule has 30 heavy (non-hydrogen) atoms. The van der Waals surface area contributed by atoms with E-state index in [1.165, 1.54) is 16.4 Å². The van der Waals surface area contributed by atoms with Crippen molar-refractivity contribution in [1.82, 2.24) is 9.62 Å². The zero-order chi connectivity index (χ0) is 21.7. The number of rotatable bonds is 7. The number of hydrogen-bond acceptors (Lipinski definition) is 3. The van der Waals surface area contributed by atoms with Gasteiger partial charge in [-0.2, -0.15) is 4.31 Å². The molecule has 1 atom stereocenters. The minimum atomic E-state index is -3.92. The molecule has 0 aliphatic heterocycles. The molecule has 2 aromatic rings. The first kappa shape index (κ1) is 22.9. The van der Waals surface area contributed by atoms with Crippen LogP contribution in [-0.2, 0) is 14.8 Å². The van der Waals surface area contributed by atoms with E-state index in [1.54, 1.807) is 0 Å². The molecule has 1 aliphatic carbocycles. The lowest BCUT2D eigenvalue weighted by molar-refractivity contribution is -0.122. The molecule has 162 valence electrons. The molecule has 1 aliphatic rings. The lowest BCUT2D eigenvalue weighted by Crippen LogP contribution is -2.47. The van der Waals surface area contributed by atoms with E-state index in [4.69, 9.17) is 0 Å². The van der Waals surface area contributed by atoms with E-state index in [0.717, 1.165) is 54.3 Å². The van der Waals surface area contributed by atoms with Crippen molar-refractivity contribution < 1.29 is 17.6 Å². The molecule has 0 radical (unpaired) electrons. The normalized spacial score (nSPS) is 16.4. The minimum Gasteiger partial charge on any atom is -0.348 e. The van der Waals surface area contributed by atoms with Gasteiger partial charge in [0.15, 0.2) is 0 Å². The van der Waals surface area contributed by atoms with E-state index in [0.29, 0.717) is 0 Å². The quantitative estimate of drug-likeness (QED) is 0.599. The summed E-state index contributed by atoms with van der Waals surface area (Å²) < 4.78 is 42.1. The summed E-state index contributed by atoms with van der Waals surface area (Å²) in [4.78, 5) is 12.8. The van der Waals surface area contributed by atoms with Gasteiger partial charge in [0.1, 0.15) is 5.82 Å². The Morgan fingerprint density at radius 3 is 2.30 bits per heavy atom. The van der Waals surface area contributed by atoms with E-state index in [1.807, 2.05) is 31.2 Å². The number of benzene rings is 2. The van der Waals surface area contributed by atoms with Gasteiger partial charge >= 0.3 is 0 Å². The van der Waals surface area contributed by atoms with Crippen LogP contribution < -0.4 is 5.32 Å². The van der Waals surface area contributed by atoms with Gasteiger partial charge in [0.2, 0.25) is 15.9 Å². The smallest absolute Gasteiger partial charge is 0.243 e. The highest BCUT2D eigenvalue weighted by molar-refractivity contribution is 9.10. The van der Waals surface area contributed by atoms with Crippen molar-refractivity contribution in [2.45, 2.75) is 56.0 Å². The Morgan fingerprint density at radius 2 is 1.70 bits per heavy atom. The van der Waals surface area contributed by atoms with Crippen molar-refractivity contribution in [2.24, 2.45) is 0 Å². The van der Waals surface area contributed by atoms with Crippen LogP contribution in [0.2, 0.25) is 0 Å². The fourth-order valence-electron chi connectivity index (χ4n) is 3.78. The number of nitrogens with one attached hydrogen (secondary N) is 1. The van der Waals surface area contributed by atoms with Gasteiger partial charge in [-0.05, 0) is 61.7 Å². The Kier molecular flexibility index (Phi) is 7.65. The van der Waals surface area contributed by atoms with Gasteiger partial charge in [0, 0.05) is 10.5 Å². The summed E-state index contributed by atoms with van der Waals surface area (Å²) in [6.45, 7) is 1.60. The summed E-state index contributed by atoms with van der Waals surface area (Å²) in [5, 5.41) is 2.90. The highest BCUT2D eigenvalue weighted by Crippen LogP contribution is 2.28. The number of halogens is 2. The molecule has 0 unspecified atom stereocenters. The van der Waals surface area contributed by atoms with Crippen molar-refractivity contribution in [3.8, 4) is 0 Å². The average Bonchev–Trinajstić information content (AvgIpc) is 2.73. The second-order valence-corrected chi connectivity index (χ2v) is 10.4. The fourth-order valence-corrected chi connectivity index (χ4v) is 5.69. The maximum Gasteiger partial charge on any atom is 0.243 e. The summed E-state index contributed by atoms with van der Waals surface area (Å²) in [7, 11) is -3.92. The Balaban J connectivity index is 1.79. The van der Waals surface area contributed by atoms with E-state index < -0.39 is 15.8 Å². The molecule has 0 aromatic heterocycles. The van der Waals surface area contributed by atoms with Gasteiger partial charge < -0.3 is 5.32 Å². The summed E-state index contributed by atoms with van der Waals surface area (Å²) in [5.74, 6) is -0.860. The minimum absolute atomic E-state index is 0.00299. The van der Waals surface area contributed by atoms with Crippen LogP contribution in [0.4, 0.5) is 4.39 Å². The molecular weight excluding hydrogens is 471 g/mol. The molecule has 8 heteroatoms. The summed E-state index contributed by atoms with van der Waals surface area (Å²) in [5.41, 5.74) is 0.928. The number of hydrogen-bond donors (Lipinski definition) is 1. The number of nitrogens with zero attached hydrogens (tertiary/aromatic N) is 1. The third-order valence-electron chi connectivity index (χ3n) is 5.45. The molecule has 2 aromatic carbocycles. The second kappa shape index (κ2) is 10.0. The van der Waals surface area contributed by atoms with Gasteiger partial charge in [-0.25, -0.2) is 12.8 Å². The van der Waals surface area contributed by atoms with Crippen molar-refractivity contribution in [3.05, 3.63) is 64.4 Å². The van der Waals surface area contributed by atoms with Gasteiger partial charge in [-0.1, -0.05) is 47.3 Å². The lowest BCUT2D eigenvalue weighted by Gasteiger charge is -2.33. The molecule has 5 nitrogen and oxygen atoms in total. The number of carbonyl (C=O) groups is 1. The Morgan fingerprint density at radius 1 is 1.10 bits per heavy atom. The predicted octanol–water partition coefficient (Wildman–Crippen LogP) is 4.79. The van der Waals surface area contributed by atoms with Crippen molar-refractivity contribution in [1.29, 1.82) is 0 Å². The second-order valence-electron chi connectivity index (χ2n) is 7.64. The largest absolute Gasteiger partial charge is 0.348 e. The molecule has 0 saturated heterocycles. The van der Waals surface area contributed by atoms with E-state index in [2.05, 4.69) is 21.2 Å². The molecule has 0 bridgehead atoms. The van der Waals surface area contributed by atoms with Crippen molar-refractivity contribution in [3.63, 3.8) is 0 Å². The number of amides is 1. The van der Waals surface area contributed by atoms with Crippen LogP contribution in [0.3, 0.4) is 0 Å². The molecular formula is C22H26BrFN2O3S. The maximum atomic E-state index is 13.3. The third kappa shape index (κ3) is 5.68. The van der Waals surface area contributed by atoms with Crippen LogP contribution >= 0.6 is 15.9 Å². The van der Waals surface area contributed by atoms with Crippen LogP contribution in [0.25, 0.3) is 0 Å². The SMILES string of the molecule is C[C@@H](NC(=O)CN(C1CCCCC1)S(=O)(=O)c1ccc(F)cc1)c1ccc(Br)cc1. The summed E-state index contributed by atoms with van der Waals surface area (Å²) in [6.07, 6.45) is 4.35. The van der Waals surface area contributed by atoms with Gasteiger partial charge in [0.25, 0.3) is 0 Å². The molecule has 1 fully saturated rings. The van der Waals surface area contributed by atoms with E-state index >= 15 is 0 Å². The zero-order valence-electron chi connectivity index (χ0n) is 16.9. The highest BCUT2D eigenvalue weighted by Gasteiger charge is 2.34. The zero-order valence-corrected chi connectivity index (χ0v) is 19.3. The predicted molar refractivity (Wildman–Crippen MR) is 118 cm³/mol. The first-order chi connectivity index (χ1) is 14.3. The first-order valence-electron chi connectivity index (χ1n) is 10.1. The maximum absolute atomic E-state index is 13.3. The third-order valence-corrected chi connectivity index (χ3v) is 7.89. The van der Waals surface area contributed by atoms with Crippen LogP contribution in [0, 0.1) is 5.82 Å². The van der Waals surface area contributed by atoms with E-state index in [-0.39, 0.29) is 29.4 Å².